The smallest absolute Gasteiger partial charge is 0.323 e. The van der Waals surface area contributed by atoms with E-state index in [1.807, 2.05) is 0 Å². The van der Waals surface area contributed by atoms with E-state index in [-0.39, 0.29) is 11.9 Å². The van der Waals surface area contributed by atoms with Gasteiger partial charge in [0.1, 0.15) is 5.54 Å². The molecule has 146 valence electrons. The second-order valence-corrected chi connectivity index (χ2v) is 8.27. The molecule has 2 heterocycles. The lowest BCUT2D eigenvalue weighted by Gasteiger charge is -2.36. The fourth-order valence-electron chi connectivity index (χ4n) is 4.62. The summed E-state index contributed by atoms with van der Waals surface area (Å²) in [6, 6.07) is 8.32. The Morgan fingerprint density at radius 2 is 1.63 bits per heavy atom. The minimum atomic E-state index is -0.609. The molecule has 27 heavy (non-hydrogen) atoms. The predicted molar refractivity (Wildman–Crippen MR) is 104 cm³/mol. The quantitative estimate of drug-likeness (QED) is 0.827. The van der Waals surface area contributed by atoms with Crippen molar-refractivity contribution in [2.75, 3.05) is 32.8 Å². The van der Waals surface area contributed by atoms with Crippen LogP contribution in [0.15, 0.2) is 24.3 Å². The molecule has 1 spiro atoms. The maximum atomic E-state index is 12.9. The van der Waals surface area contributed by atoms with Gasteiger partial charge in [0.05, 0.1) is 6.67 Å². The van der Waals surface area contributed by atoms with Gasteiger partial charge >= 0.3 is 6.03 Å². The summed E-state index contributed by atoms with van der Waals surface area (Å²) >= 11 is 0. The number of carbonyl (C=O) groups excluding carboxylic acids is 2. The largest absolute Gasteiger partial charge is 0.326 e. The van der Waals surface area contributed by atoms with Crippen molar-refractivity contribution in [1.29, 1.82) is 0 Å². The highest BCUT2D eigenvalue weighted by Crippen LogP contribution is 2.33. The Labute approximate surface area is 161 Å². The summed E-state index contributed by atoms with van der Waals surface area (Å²) in [6.45, 7) is 7.24. The van der Waals surface area contributed by atoms with E-state index in [0.29, 0.717) is 6.67 Å². The molecular formula is C21H30N4O2. The number of urea groups is 1. The van der Waals surface area contributed by atoms with E-state index in [0.717, 1.165) is 64.8 Å². The third-order valence-corrected chi connectivity index (χ3v) is 6.41. The fourth-order valence-corrected chi connectivity index (χ4v) is 4.62. The van der Waals surface area contributed by atoms with Gasteiger partial charge in [-0.1, -0.05) is 43.5 Å². The maximum absolute atomic E-state index is 12.9. The van der Waals surface area contributed by atoms with E-state index in [1.165, 1.54) is 16.0 Å². The zero-order valence-corrected chi connectivity index (χ0v) is 16.2. The van der Waals surface area contributed by atoms with Crippen molar-refractivity contribution < 1.29 is 9.59 Å². The first-order valence-corrected chi connectivity index (χ1v) is 10.2. The highest BCUT2D eigenvalue weighted by atomic mass is 16.2. The number of hydrogen-bond acceptors (Lipinski definition) is 4. The van der Waals surface area contributed by atoms with Crippen LogP contribution in [-0.2, 0) is 11.3 Å². The first kappa shape index (κ1) is 18.4. The molecule has 3 amide bonds. The summed E-state index contributed by atoms with van der Waals surface area (Å²) in [4.78, 5) is 31.5. The molecule has 1 saturated carbocycles. The zero-order chi connectivity index (χ0) is 18.9. The van der Waals surface area contributed by atoms with E-state index >= 15 is 0 Å². The number of amides is 3. The number of imide groups is 1. The van der Waals surface area contributed by atoms with Crippen LogP contribution in [-0.4, -0.2) is 65.0 Å². The average molecular weight is 370 g/mol. The molecule has 1 N–H and O–H groups in total. The van der Waals surface area contributed by atoms with Crippen molar-refractivity contribution in [2.45, 2.75) is 51.1 Å². The summed E-state index contributed by atoms with van der Waals surface area (Å²) in [6.07, 6.45) is 4.79. The van der Waals surface area contributed by atoms with Crippen molar-refractivity contribution in [3.8, 4) is 0 Å². The normalized spacial score (nSPS) is 23.8. The second-order valence-electron chi connectivity index (χ2n) is 8.27. The number of piperazine rings is 1. The number of rotatable bonds is 4. The molecule has 0 radical (unpaired) electrons. The lowest BCUT2D eigenvalue weighted by Crippen LogP contribution is -2.52. The van der Waals surface area contributed by atoms with Crippen LogP contribution in [0.25, 0.3) is 0 Å². The zero-order valence-electron chi connectivity index (χ0n) is 16.2. The van der Waals surface area contributed by atoms with Gasteiger partial charge in [-0.15, -0.1) is 0 Å². The minimum absolute atomic E-state index is 0.00506. The first-order chi connectivity index (χ1) is 13.1. The van der Waals surface area contributed by atoms with Crippen molar-refractivity contribution >= 4 is 11.9 Å². The van der Waals surface area contributed by atoms with Crippen molar-refractivity contribution in [3.05, 3.63) is 35.4 Å². The number of nitrogens with zero attached hydrogens (tertiary/aromatic N) is 3. The Balaban J connectivity index is 1.31. The number of carbonyl (C=O) groups is 2. The summed E-state index contributed by atoms with van der Waals surface area (Å²) in [5.74, 6) is -0.00506. The second kappa shape index (κ2) is 7.60. The highest BCUT2D eigenvalue weighted by molar-refractivity contribution is 6.07. The predicted octanol–water partition coefficient (Wildman–Crippen LogP) is 2.32. The number of nitrogens with one attached hydrogen (secondary N) is 1. The van der Waals surface area contributed by atoms with Gasteiger partial charge in [0.25, 0.3) is 5.91 Å². The summed E-state index contributed by atoms with van der Waals surface area (Å²) in [5, 5.41) is 3.01. The average Bonchev–Trinajstić information content (AvgIpc) is 2.90. The van der Waals surface area contributed by atoms with Crippen LogP contribution in [0.2, 0.25) is 0 Å². The third kappa shape index (κ3) is 3.73. The molecule has 2 saturated heterocycles. The van der Waals surface area contributed by atoms with Crippen molar-refractivity contribution in [2.24, 2.45) is 0 Å². The molecule has 1 aliphatic carbocycles. The maximum Gasteiger partial charge on any atom is 0.326 e. The number of hydrogen-bond donors (Lipinski definition) is 1. The van der Waals surface area contributed by atoms with Crippen LogP contribution in [0.3, 0.4) is 0 Å². The molecule has 3 fully saturated rings. The van der Waals surface area contributed by atoms with Gasteiger partial charge in [-0.3, -0.25) is 14.6 Å². The molecule has 6 nitrogen and oxygen atoms in total. The lowest BCUT2D eigenvalue weighted by molar-refractivity contribution is -0.134. The molecule has 3 aliphatic rings. The first-order valence-electron chi connectivity index (χ1n) is 10.2. The molecule has 0 atom stereocenters. The van der Waals surface area contributed by atoms with Crippen molar-refractivity contribution in [1.82, 2.24) is 20.0 Å². The Morgan fingerprint density at radius 1 is 0.963 bits per heavy atom. The summed E-state index contributed by atoms with van der Waals surface area (Å²) < 4.78 is 0. The Kier molecular flexibility index (Phi) is 5.19. The van der Waals surface area contributed by atoms with Crippen LogP contribution in [0.1, 0.15) is 43.2 Å². The molecule has 1 aromatic carbocycles. The highest BCUT2D eigenvalue weighted by Gasteiger charge is 2.51. The topological polar surface area (TPSA) is 55.9 Å². The van der Waals surface area contributed by atoms with Gasteiger partial charge in [0.15, 0.2) is 0 Å². The van der Waals surface area contributed by atoms with Crippen LogP contribution in [0.4, 0.5) is 4.79 Å². The van der Waals surface area contributed by atoms with E-state index in [4.69, 9.17) is 0 Å². The number of aryl methyl sites for hydroxylation is 1. The summed E-state index contributed by atoms with van der Waals surface area (Å²) in [5.41, 5.74) is 2.10. The molecular weight excluding hydrogens is 340 g/mol. The van der Waals surface area contributed by atoms with Crippen LogP contribution >= 0.6 is 0 Å². The van der Waals surface area contributed by atoms with Gasteiger partial charge in [-0.2, -0.15) is 0 Å². The molecule has 2 aliphatic heterocycles. The van der Waals surface area contributed by atoms with Crippen LogP contribution in [0.5, 0.6) is 0 Å². The van der Waals surface area contributed by atoms with Gasteiger partial charge in [-0.05, 0) is 30.9 Å². The third-order valence-electron chi connectivity index (χ3n) is 6.41. The molecule has 4 rings (SSSR count). The SMILES string of the molecule is Cc1ccccc1CN1CCN(CN2C(=O)NC3(CCCCC3)C2=O)CC1. The van der Waals surface area contributed by atoms with E-state index in [9.17, 15) is 9.59 Å². The van der Waals surface area contributed by atoms with E-state index in [1.54, 1.807) is 0 Å². The van der Waals surface area contributed by atoms with E-state index in [2.05, 4.69) is 46.3 Å². The molecule has 6 heteroatoms. The van der Waals surface area contributed by atoms with E-state index < -0.39 is 5.54 Å². The summed E-state index contributed by atoms with van der Waals surface area (Å²) in [7, 11) is 0. The lowest BCUT2D eigenvalue weighted by atomic mass is 9.82. The van der Waals surface area contributed by atoms with Gasteiger partial charge in [0, 0.05) is 32.7 Å². The van der Waals surface area contributed by atoms with Crippen LogP contribution < -0.4 is 5.32 Å². The molecule has 1 aromatic rings. The standard InChI is InChI=1S/C21H30N4O2/c1-17-7-3-4-8-18(17)15-23-11-13-24(14-12-23)16-25-19(26)21(22-20(25)27)9-5-2-6-10-21/h3-4,7-8H,2,5-6,9-16H2,1H3,(H,22,27). The van der Waals surface area contributed by atoms with Gasteiger partial charge < -0.3 is 5.32 Å². The Hall–Kier alpha value is -1.92. The Bertz CT molecular complexity index is 706. The molecule has 0 unspecified atom stereocenters. The minimum Gasteiger partial charge on any atom is -0.323 e. The molecule has 0 aromatic heterocycles. The van der Waals surface area contributed by atoms with Crippen LogP contribution in [0, 0.1) is 6.92 Å². The monoisotopic (exact) mass is 370 g/mol. The van der Waals surface area contributed by atoms with Gasteiger partial charge in [-0.25, -0.2) is 9.69 Å². The molecule has 0 bridgehead atoms. The van der Waals surface area contributed by atoms with Crippen molar-refractivity contribution in [3.63, 3.8) is 0 Å². The fraction of sp³-hybridized carbons (Fsp3) is 0.619. The number of benzene rings is 1. The Morgan fingerprint density at radius 3 is 2.33 bits per heavy atom. The van der Waals surface area contributed by atoms with Gasteiger partial charge in [0.2, 0.25) is 0 Å².